The van der Waals surface area contributed by atoms with Gasteiger partial charge in [-0.2, -0.15) is 0 Å². The van der Waals surface area contributed by atoms with E-state index in [4.69, 9.17) is 5.11 Å². The molecule has 0 aliphatic carbocycles. The van der Waals surface area contributed by atoms with Crippen LogP contribution >= 0.6 is 0 Å². The fourth-order valence-corrected chi connectivity index (χ4v) is 1.47. The zero-order valence-corrected chi connectivity index (χ0v) is 9.83. The summed E-state index contributed by atoms with van der Waals surface area (Å²) in [5.74, 6) is -1.84. The van der Waals surface area contributed by atoms with Gasteiger partial charge in [0, 0.05) is 5.69 Å². The maximum absolute atomic E-state index is 11.7. The number of H-pyrrole nitrogens is 1. The molecule has 0 saturated carbocycles. The minimum Gasteiger partial charge on any atom is -0.480 e. The second-order valence-electron chi connectivity index (χ2n) is 3.87. The number of amides is 1. The lowest BCUT2D eigenvalue weighted by Crippen LogP contribution is -2.41. The van der Waals surface area contributed by atoms with Crippen LogP contribution in [0.4, 0.5) is 0 Å². The summed E-state index contributed by atoms with van der Waals surface area (Å²) in [4.78, 5) is 36.4. The van der Waals surface area contributed by atoms with Crippen molar-refractivity contribution in [3.05, 3.63) is 33.2 Å². The van der Waals surface area contributed by atoms with E-state index in [1.807, 2.05) is 0 Å². The van der Waals surface area contributed by atoms with Gasteiger partial charge in [-0.1, -0.05) is 0 Å². The molecule has 1 atom stereocenters. The van der Waals surface area contributed by atoms with Crippen LogP contribution in [0.25, 0.3) is 0 Å². The van der Waals surface area contributed by atoms with E-state index < -0.39 is 23.5 Å². The lowest BCUT2D eigenvalue weighted by atomic mass is 10.1. The first-order chi connectivity index (χ1) is 7.82. The summed E-state index contributed by atoms with van der Waals surface area (Å²) >= 11 is 0. The summed E-state index contributed by atoms with van der Waals surface area (Å²) in [6.07, 6.45) is 0. The first kappa shape index (κ1) is 13.0. The van der Waals surface area contributed by atoms with Gasteiger partial charge in [0.15, 0.2) is 0 Å². The zero-order chi connectivity index (χ0) is 13.2. The summed E-state index contributed by atoms with van der Waals surface area (Å²) in [7, 11) is 0. The molecule has 0 saturated heterocycles. The Labute approximate surface area is 97.7 Å². The maximum atomic E-state index is 11.7. The Morgan fingerprint density at radius 1 is 1.41 bits per heavy atom. The molecular weight excluding hydrogens is 224 g/mol. The van der Waals surface area contributed by atoms with Gasteiger partial charge < -0.3 is 15.4 Å². The fourth-order valence-electron chi connectivity index (χ4n) is 1.47. The molecule has 1 amide bonds. The van der Waals surface area contributed by atoms with E-state index in [0.29, 0.717) is 11.3 Å². The zero-order valence-electron chi connectivity index (χ0n) is 9.83. The number of nitrogens with one attached hydrogen (secondary N) is 2. The van der Waals surface area contributed by atoms with Crippen LogP contribution in [0.1, 0.15) is 28.5 Å². The molecule has 0 aliphatic rings. The average molecular weight is 238 g/mol. The second kappa shape index (κ2) is 4.82. The molecule has 1 aromatic heterocycles. The van der Waals surface area contributed by atoms with Crippen LogP contribution < -0.4 is 10.9 Å². The van der Waals surface area contributed by atoms with Crippen molar-refractivity contribution in [2.75, 3.05) is 0 Å². The maximum Gasteiger partial charge on any atom is 0.325 e. The number of rotatable bonds is 3. The third-order valence-corrected chi connectivity index (χ3v) is 2.31. The van der Waals surface area contributed by atoms with Gasteiger partial charge in [0.25, 0.3) is 11.5 Å². The molecular formula is C11H14N2O4. The molecule has 0 fully saturated rings. The highest BCUT2D eigenvalue weighted by molar-refractivity contribution is 5.97. The number of aromatic nitrogens is 1. The van der Waals surface area contributed by atoms with Crippen LogP contribution in [-0.4, -0.2) is 28.0 Å². The lowest BCUT2D eigenvalue weighted by Gasteiger charge is -2.10. The third-order valence-electron chi connectivity index (χ3n) is 2.31. The molecule has 3 N–H and O–H groups in total. The van der Waals surface area contributed by atoms with Crippen LogP contribution in [0.5, 0.6) is 0 Å². The van der Waals surface area contributed by atoms with Gasteiger partial charge >= 0.3 is 5.97 Å². The van der Waals surface area contributed by atoms with Crippen molar-refractivity contribution in [3.63, 3.8) is 0 Å². The number of hydrogen-bond donors (Lipinski definition) is 3. The number of carboxylic acids is 1. The fraction of sp³-hybridized carbons (Fsp3) is 0.364. The molecule has 1 aromatic rings. The first-order valence-electron chi connectivity index (χ1n) is 5.07. The van der Waals surface area contributed by atoms with E-state index in [1.165, 1.54) is 6.92 Å². The summed E-state index contributed by atoms with van der Waals surface area (Å²) in [6, 6.07) is 0.615. The van der Waals surface area contributed by atoms with Crippen LogP contribution in [0, 0.1) is 13.8 Å². The number of carboxylic acid groups (broad SMARTS) is 1. The van der Waals surface area contributed by atoms with E-state index in [2.05, 4.69) is 10.3 Å². The quantitative estimate of drug-likeness (QED) is 0.700. The Kier molecular flexibility index (Phi) is 3.67. The standard InChI is InChI=1S/C11H14N2O4/c1-5-4-6(2)12-9(14)8(5)10(15)13-7(3)11(16)17/h4,7H,1-3H3,(H,12,14)(H,13,15)(H,16,17). The molecule has 0 spiro atoms. The monoisotopic (exact) mass is 238 g/mol. The van der Waals surface area contributed by atoms with E-state index in [1.54, 1.807) is 19.9 Å². The Balaban J connectivity index is 3.06. The van der Waals surface area contributed by atoms with Gasteiger partial charge in [-0.05, 0) is 32.4 Å². The predicted molar refractivity (Wildman–Crippen MR) is 61.1 cm³/mol. The average Bonchev–Trinajstić information content (AvgIpc) is 2.15. The second-order valence-corrected chi connectivity index (χ2v) is 3.87. The van der Waals surface area contributed by atoms with Gasteiger partial charge in [0.2, 0.25) is 0 Å². The summed E-state index contributed by atoms with van der Waals surface area (Å²) in [5.41, 5.74) is 0.595. The summed E-state index contributed by atoms with van der Waals surface area (Å²) in [5, 5.41) is 10.9. The highest BCUT2D eigenvalue weighted by Crippen LogP contribution is 2.03. The van der Waals surface area contributed by atoms with E-state index in [0.717, 1.165) is 0 Å². The Morgan fingerprint density at radius 2 is 2.00 bits per heavy atom. The lowest BCUT2D eigenvalue weighted by molar-refractivity contribution is -0.138. The minimum atomic E-state index is -1.15. The van der Waals surface area contributed by atoms with Crippen molar-refractivity contribution in [3.8, 4) is 0 Å². The van der Waals surface area contributed by atoms with Gasteiger partial charge in [-0.25, -0.2) is 0 Å². The molecule has 1 unspecified atom stereocenters. The number of aromatic amines is 1. The van der Waals surface area contributed by atoms with Gasteiger partial charge in [-0.3, -0.25) is 14.4 Å². The number of aryl methyl sites for hydroxylation is 2. The molecule has 0 bridgehead atoms. The summed E-state index contributed by atoms with van der Waals surface area (Å²) in [6.45, 7) is 4.66. The number of aliphatic carboxylic acids is 1. The molecule has 0 aromatic carbocycles. The van der Waals surface area contributed by atoms with Crippen molar-refractivity contribution in [2.45, 2.75) is 26.8 Å². The largest absolute Gasteiger partial charge is 0.480 e. The van der Waals surface area contributed by atoms with Gasteiger partial charge in [-0.15, -0.1) is 0 Å². The SMILES string of the molecule is Cc1cc(C)c(C(=O)NC(C)C(=O)O)c(=O)[nH]1. The number of pyridine rings is 1. The Hall–Kier alpha value is -2.11. The molecule has 17 heavy (non-hydrogen) atoms. The van der Waals surface area contributed by atoms with Crippen molar-refractivity contribution in [1.29, 1.82) is 0 Å². The van der Waals surface area contributed by atoms with Gasteiger partial charge in [0.05, 0.1) is 0 Å². The van der Waals surface area contributed by atoms with Crippen LogP contribution in [0.15, 0.2) is 10.9 Å². The topological polar surface area (TPSA) is 99.3 Å². The van der Waals surface area contributed by atoms with Crippen molar-refractivity contribution in [1.82, 2.24) is 10.3 Å². The van der Waals surface area contributed by atoms with Crippen molar-refractivity contribution < 1.29 is 14.7 Å². The highest BCUT2D eigenvalue weighted by atomic mass is 16.4. The minimum absolute atomic E-state index is 0.0521. The normalized spacial score (nSPS) is 11.9. The Bertz CT molecular complexity index is 519. The van der Waals surface area contributed by atoms with Crippen molar-refractivity contribution >= 4 is 11.9 Å². The van der Waals surface area contributed by atoms with Gasteiger partial charge in [0.1, 0.15) is 11.6 Å². The van der Waals surface area contributed by atoms with Crippen LogP contribution in [0.3, 0.4) is 0 Å². The molecule has 6 heteroatoms. The van der Waals surface area contributed by atoms with Crippen molar-refractivity contribution in [2.24, 2.45) is 0 Å². The predicted octanol–water partition coefficient (Wildman–Crippen LogP) is 0.195. The Morgan fingerprint density at radius 3 is 2.47 bits per heavy atom. The molecule has 0 radical (unpaired) electrons. The van der Waals surface area contributed by atoms with Crippen LogP contribution in [0.2, 0.25) is 0 Å². The number of hydrogen-bond acceptors (Lipinski definition) is 3. The molecule has 92 valence electrons. The van der Waals surface area contributed by atoms with Crippen LogP contribution in [-0.2, 0) is 4.79 Å². The first-order valence-corrected chi connectivity index (χ1v) is 5.07. The molecule has 1 rings (SSSR count). The number of carbonyl (C=O) groups excluding carboxylic acids is 1. The van der Waals surface area contributed by atoms with E-state index in [9.17, 15) is 14.4 Å². The van der Waals surface area contributed by atoms with E-state index >= 15 is 0 Å². The van der Waals surface area contributed by atoms with E-state index in [-0.39, 0.29) is 5.56 Å². The molecule has 6 nitrogen and oxygen atoms in total. The molecule has 1 heterocycles. The smallest absolute Gasteiger partial charge is 0.325 e. The number of carbonyl (C=O) groups is 2. The molecule has 0 aliphatic heterocycles. The summed E-state index contributed by atoms with van der Waals surface area (Å²) < 4.78 is 0. The third kappa shape index (κ3) is 2.93. The highest BCUT2D eigenvalue weighted by Gasteiger charge is 2.19.